The van der Waals surface area contributed by atoms with Gasteiger partial charge in [-0.15, -0.1) is 11.3 Å². The van der Waals surface area contributed by atoms with Gasteiger partial charge in [0.25, 0.3) is 10.0 Å². The second-order valence-corrected chi connectivity index (χ2v) is 9.03. The van der Waals surface area contributed by atoms with Crippen LogP contribution >= 0.6 is 27.3 Å². The lowest BCUT2D eigenvalue weighted by Crippen LogP contribution is -2.28. The molecule has 18 heavy (non-hydrogen) atoms. The molecule has 0 bridgehead atoms. The quantitative estimate of drug-likeness (QED) is 0.835. The van der Waals surface area contributed by atoms with E-state index in [1.165, 1.54) is 11.3 Å². The molecule has 2 heterocycles. The summed E-state index contributed by atoms with van der Waals surface area (Å²) in [4.78, 5) is 0. The number of methoxy groups -OCH3 is 1. The molecule has 7 heteroatoms. The van der Waals surface area contributed by atoms with E-state index in [2.05, 4.69) is 15.9 Å². The molecule has 0 aliphatic carbocycles. The minimum absolute atomic E-state index is 0.314. The Morgan fingerprint density at radius 1 is 1.61 bits per heavy atom. The van der Waals surface area contributed by atoms with Gasteiger partial charge < -0.3 is 4.74 Å². The minimum Gasteiger partial charge on any atom is -0.384 e. The van der Waals surface area contributed by atoms with E-state index >= 15 is 0 Å². The van der Waals surface area contributed by atoms with Crippen molar-refractivity contribution in [3.8, 4) is 0 Å². The topological polar surface area (TPSA) is 46.6 Å². The van der Waals surface area contributed by atoms with Crippen LogP contribution < -0.4 is 0 Å². The third-order valence-electron chi connectivity index (χ3n) is 3.08. The number of aryl methyl sites for hydroxylation is 1. The molecule has 0 N–H and O–H groups in total. The van der Waals surface area contributed by atoms with Crippen LogP contribution in [0.3, 0.4) is 0 Å². The van der Waals surface area contributed by atoms with Crippen molar-refractivity contribution in [3.63, 3.8) is 0 Å². The zero-order valence-corrected chi connectivity index (χ0v) is 13.6. The third kappa shape index (κ3) is 2.80. The van der Waals surface area contributed by atoms with Crippen molar-refractivity contribution in [2.45, 2.75) is 17.6 Å². The maximum atomic E-state index is 12.4. The molecule has 0 amide bonds. The number of thiophene rings is 1. The average molecular weight is 354 g/mol. The van der Waals surface area contributed by atoms with Crippen molar-refractivity contribution >= 4 is 37.3 Å². The lowest BCUT2D eigenvalue weighted by molar-refractivity contribution is 0.157. The number of rotatable bonds is 4. The van der Waals surface area contributed by atoms with Crippen LogP contribution in [0.25, 0.3) is 0 Å². The average Bonchev–Trinajstić information content (AvgIpc) is 2.88. The van der Waals surface area contributed by atoms with Gasteiger partial charge in [0.1, 0.15) is 4.21 Å². The van der Waals surface area contributed by atoms with Gasteiger partial charge in [-0.25, -0.2) is 8.42 Å². The lowest BCUT2D eigenvalue weighted by Gasteiger charge is -2.15. The summed E-state index contributed by atoms with van der Waals surface area (Å²) in [5.74, 6) is 0.314. The van der Waals surface area contributed by atoms with Crippen molar-refractivity contribution < 1.29 is 13.2 Å². The number of halogens is 1. The van der Waals surface area contributed by atoms with Crippen molar-refractivity contribution in [2.24, 2.45) is 5.92 Å². The van der Waals surface area contributed by atoms with Gasteiger partial charge in [-0.3, -0.25) is 0 Å². The van der Waals surface area contributed by atoms with Crippen LogP contribution in [0.4, 0.5) is 0 Å². The molecular formula is C11H16BrNO3S2. The standard InChI is InChI=1S/C11H16BrNO3S2/c1-8-5-10(17-11(8)12)18(14,15)13-4-3-9(6-13)7-16-2/h5,9H,3-4,6-7H2,1-2H3. The maximum Gasteiger partial charge on any atom is 0.252 e. The smallest absolute Gasteiger partial charge is 0.252 e. The number of hydrogen-bond acceptors (Lipinski definition) is 4. The van der Waals surface area contributed by atoms with Gasteiger partial charge in [0.15, 0.2) is 0 Å². The van der Waals surface area contributed by atoms with Gasteiger partial charge in [-0.05, 0) is 46.8 Å². The van der Waals surface area contributed by atoms with Crippen LogP contribution in [0.1, 0.15) is 12.0 Å². The zero-order valence-electron chi connectivity index (χ0n) is 10.3. The van der Waals surface area contributed by atoms with Crippen molar-refractivity contribution in [2.75, 3.05) is 26.8 Å². The highest BCUT2D eigenvalue weighted by molar-refractivity contribution is 9.11. The monoisotopic (exact) mass is 353 g/mol. The number of nitrogens with zero attached hydrogens (tertiary/aromatic N) is 1. The number of hydrogen-bond donors (Lipinski definition) is 0. The lowest BCUT2D eigenvalue weighted by atomic mass is 10.1. The van der Waals surface area contributed by atoms with E-state index in [9.17, 15) is 8.42 Å². The minimum atomic E-state index is -3.33. The Hall–Kier alpha value is 0.0500. The van der Waals surface area contributed by atoms with Gasteiger partial charge in [-0.2, -0.15) is 4.31 Å². The van der Waals surface area contributed by atoms with E-state index in [1.54, 1.807) is 17.5 Å². The van der Waals surface area contributed by atoms with Crippen molar-refractivity contribution in [3.05, 3.63) is 15.4 Å². The van der Waals surface area contributed by atoms with Crippen LogP contribution in [-0.2, 0) is 14.8 Å². The van der Waals surface area contributed by atoms with Gasteiger partial charge >= 0.3 is 0 Å². The summed E-state index contributed by atoms with van der Waals surface area (Å²) in [7, 11) is -1.68. The highest BCUT2D eigenvalue weighted by atomic mass is 79.9. The molecule has 1 aromatic heterocycles. The Morgan fingerprint density at radius 3 is 2.89 bits per heavy atom. The Labute approximate surface area is 120 Å². The molecule has 0 saturated carbocycles. The molecule has 1 saturated heterocycles. The van der Waals surface area contributed by atoms with E-state index in [0.717, 1.165) is 15.8 Å². The molecule has 102 valence electrons. The fourth-order valence-electron chi connectivity index (χ4n) is 2.07. The molecule has 2 rings (SSSR count). The molecule has 1 aliphatic heterocycles. The Bertz CT molecular complexity index is 507. The van der Waals surface area contributed by atoms with E-state index in [4.69, 9.17) is 4.74 Å². The highest BCUT2D eigenvalue weighted by Gasteiger charge is 2.33. The first-order valence-electron chi connectivity index (χ1n) is 5.70. The molecule has 1 fully saturated rings. The van der Waals surface area contributed by atoms with Crippen LogP contribution in [-0.4, -0.2) is 39.5 Å². The fraction of sp³-hybridized carbons (Fsp3) is 0.636. The summed E-state index contributed by atoms with van der Waals surface area (Å²) in [5, 5.41) is 0. The molecule has 4 nitrogen and oxygen atoms in total. The predicted octanol–water partition coefficient (Wildman–Crippen LogP) is 2.48. The van der Waals surface area contributed by atoms with Gasteiger partial charge in [-0.1, -0.05) is 0 Å². The molecule has 0 spiro atoms. The van der Waals surface area contributed by atoms with Crippen LogP contribution in [0, 0.1) is 12.8 Å². The molecular weight excluding hydrogens is 338 g/mol. The van der Waals surface area contributed by atoms with Gasteiger partial charge in [0, 0.05) is 20.2 Å². The zero-order chi connectivity index (χ0) is 13.3. The van der Waals surface area contributed by atoms with Crippen molar-refractivity contribution in [1.82, 2.24) is 4.31 Å². The van der Waals surface area contributed by atoms with Crippen LogP contribution in [0.5, 0.6) is 0 Å². The number of ether oxygens (including phenoxy) is 1. The molecule has 1 aromatic rings. The van der Waals surface area contributed by atoms with Gasteiger partial charge in [0.2, 0.25) is 0 Å². The van der Waals surface area contributed by atoms with Gasteiger partial charge in [0.05, 0.1) is 10.4 Å². The van der Waals surface area contributed by atoms with Crippen LogP contribution in [0.2, 0.25) is 0 Å². The summed E-state index contributed by atoms with van der Waals surface area (Å²) in [5.41, 5.74) is 0.964. The summed E-state index contributed by atoms with van der Waals surface area (Å²) >= 11 is 4.65. The normalized spacial score (nSPS) is 21.6. The number of sulfonamides is 1. The SMILES string of the molecule is COCC1CCN(S(=O)(=O)c2cc(C)c(Br)s2)C1. The summed E-state index contributed by atoms with van der Waals surface area (Å²) < 4.78 is 32.8. The first-order valence-corrected chi connectivity index (χ1v) is 8.75. The Morgan fingerprint density at radius 2 is 2.33 bits per heavy atom. The molecule has 1 atom stereocenters. The molecule has 0 radical (unpaired) electrons. The molecule has 0 aromatic carbocycles. The Balaban J connectivity index is 2.17. The van der Waals surface area contributed by atoms with E-state index in [-0.39, 0.29) is 0 Å². The second-order valence-electron chi connectivity index (χ2n) is 4.50. The van der Waals surface area contributed by atoms with E-state index in [1.807, 2.05) is 6.92 Å². The summed E-state index contributed by atoms with van der Waals surface area (Å²) in [6, 6.07) is 1.73. The highest BCUT2D eigenvalue weighted by Crippen LogP contribution is 2.34. The predicted molar refractivity (Wildman–Crippen MR) is 75.5 cm³/mol. The van der Waals surface area contributed by atoms with Crippen molar-refractivity contribution in [1.29, 1.82) is 0 Å². The summed E-state index contributed by atoms with van der Waals surface area (Å²) in [6.45, 7) is 3.67. The van der Waals surface area contributed by atoms with Crippen LogP contribution in [0.15, 0.2) is 14.1 Å². The second kappa shape index (κ2) is 5.58. The summed E-state index contributed by atoms with van der Waals surface area (Å²) in [6.07, 6.45) is 0.874. The maximum absolute atomic E-state index is 12.4. The van der Waals surface area contributed by atoms with E-state index in [0.29, 0.717) is 29.8 Å². The largest absolute Gasteiger partial charge is 0.384 e. The van der Waals surface area contributed by atoms with E-state index < -0.39 is 10.0 Å². The first kappa shape index (κ1) is 14.5. The molecule has 1 aliphatic rings. The third-order valence-corrected chi connectivity index (χ3v) is 7.53. The molecule has 1 unspecified atom stereocenters. The first-order chi connectivity index (χ1) is 8.45. The fourth-order valence-corrected chi connectivity index (χ4v) is 5.99. The Kier molecular flexibility index (Phi) is 4.48.